The van der Waals surface area contributed by atoms with Gasteiger partial charge in [0.25, 0.3) is 0 Å². The molecule has 1 aliphatic heterocycles. The molecule has 1 unspecified atom stereocenters. The lowest BCUT2D eigenvalue weighted by Gasteiger charge is -2.51. The van der Waals surface area contributed by atoms with E-state index in [-0.39, 0.29) is 11.1 Å². The molecule has 1 aliphatic rings. The zero-order valence-corrected chi connectivity index (χ0v) is 11.5. The minimum Gasteiger partial charge on any atom is -0.370 e. The average molecular weight is 228 g/mol. The van der Waals surface area contributed by atoms with Crippen molar-refractivity contribution in [2.45, 2.75) is 64.7 Å². The monoisotopic (exact) mass is 228 g/mol. The first-order chi connectivity index (χ1) is 7.39. The van der Waals surface area contributed by atoms with Gasteiger partial charge in [-0.3, -0.25) is 4.90 Å². The summed E-state index contributed by atoms with van der Waals surface area (Å²) >= 11 is 0. The maximum Gasteiger partial charge on any atom is 0.0757 e. The fraction of sp³-hybridized carbons (Fsp3) is 1.00. The van der Waals surface area contributed by atoms with Crippen LogP contribution >= 0.6 is 0 Å². The molecule has 0 aromatic heterocycles. The van der Waals surface area contributed by atoms with Gasteiger partial charge in [-0.2, -0.15) is 0 Å². The van der Waals surface area contributed by atoms with E-state index in [0.717, 1.165) is 32.5 Å². The summed E-state index contributed by atoms with van der Waals surface area (Å²) in [7, 11) is 0. The third-order valence-corrected chi connectivity index (χ3v) is 3.94. The summed E-state index contributed by atoms with van der Waals surface area (Å²) in [5.74, 6) is 0. The van der Waals surface area contributed by atoms with Crippen LogP contribution in [0.5, 0.6) is 0 Å². The topological polar surface area (TPSA) is 38.5 Å². The van der Waals surface area contributed by atoms with Crippen molar-refractivity contribution in [3.63, 3.8) is 0 Å². The van der Waals surface area contributed by atoms with Crippen LogP contribution in [-0.4, -0.2) is 41.8 Å². The highest BCUT2D eigenvalue weighted by Gasteiger charge is 2.40. The summed E-state index contributed by atoms with van der Waals surface area (Å²) in [5.41, 5.74) is 6.12. The molecule has 0 saturated carbocycles. The Labute approximate surface area is 100 Å². The van der Waals surface area contributed by atoms with Crippen LogP contribution < -0.4 is 5.73 Å². The highest BCUT2D eigenvalue weighted by molar-refractivity contribution is 4.95. The molecule has 0 radical (unpaired) electrons. The van der Waals surface area contributed by atoms with E-state index in [2.05, 4.69) is 39.5 Å². The van der Waals surface area contributed by atoms with Crippen molar-refractivity contribution in [2.75, 3.05) is 19.6 Å². The lowest BCUT2D eigenvalue weighted by Crippen LogP contribution is -2.62. The van der Waals surface area contributed by atoms with Crippen LogP contribution in [0.4, 0.5) is 0 Å². The Morgan fingerprint density at radius 3 is 2.31 bits per heavy atom. The molecule has 0 aliphatic carbocycles. The molecule has 3 heteroatoms. The molecule has 16 heavy (non-hydrogen) atoms. The molecule has 96 valence electrons. The first-order valence-electron chi connectivity index (χ1n) is 6.52. The predicted octanol–water partition coefficient (Wildman–Crippen LogP) is 2.00. The van der Waals surface area contributed by atoms with Gasteiger partial charge in [0.1, 0.15) is 0 Å². The fourth-order valence-electron chi connectivity index (χ4n) is 2.93. The van der Waals surface area contributed by atoms with Crippen LogP contribution in [0.3, 0.4) is 0 Å². The van der Waals surface area contributed by atoms with E-state index in [9.17, 15) is 0 Å². The van der Waals surface area contributed by atoms with Crippen molar-refractivity contribution in [3.05, 3.63) is 0 Å². The van der Waals surface area contributed by atoms with E-state index in [1.165, 1.54) is 0 Å². The lowest BCUT2D eigenvalue weighted by atomic mass is 9.88. The van der Waals surface area contributed by atoms with Crippen molar-refractivity contribution in [2.24, 2.45) is 5.73 Å². The van der Waals surface area contributed by atoms with Crippen LogP contribution in [0.1, 0.15) is 47.5 Å². The largest absolute Gasteiger partial charge is 0.370 e. The van der Waals surface area contributed by atoms with Crippen molar-refractivity contribution in [1.82, 2.24) is 4.90 Å². The molecule has 1 rings (SSSR count). The zero-order chi connectivity index (χ0) is 12.4. The minimum absolute atomic E-state index is 0.0531. The first-order valence-corrected chi connectivity index (χ1v) is 6.52. The average Bonchev–Trinajstić information content (AvgIpc) is 2.18. The molecule has 1 heterocycles. The second-order valence-electron chi connectivity index (χ2n) is 5.70. The van der Waals surface area contributed by atoms with Crippen LogP contribution in [-0.2, 0) is 4.74 Å². The standard InChI is InChI=1S/C13H28N2O/c1-6-13(7-2,9-14)15-8-11(3)16-12(4,5)10-15/h11H,6-10,14H2,1-5H3. The number of hydrogen-bond acceptors (Lipinski definition) is 3. The highest BCUT2D eigenvalue weighted by Crippen LogP contribution is 2.30. The molecule has 0 bridgehead atoms. The Hall–Kier alpha value is -0.120. The molecule has 0 amide bonds. The third kappa shape index (κ3) is 2.76. The molecule has 1 saturated heterocycles. The van der Waals surface area contributed by atoms with E-state index in [1.54, 1.807) is 0 Å². The molecule has 3 nitrogen and oxygen atoms in total. The van der Waals surface area contributed by atoms with Gasteiger partial charge in [0.05, 0.1) is 11.7 Å². The van der Waals surface area contributed by atoms with Crippen LogP contribution in [0.15, 0.2) is 0 Å². The number of rotatable bonds is 4. The summed E-state index contributed by atoms with van der Waals surface area (Å²) < 4.78 is 5.95. The van der Waals surface area contributed by atoms with Gasteiger partial charge in [0.2, 0.25) is 0 Å². The normalized spacial score (nSPS) is 27.0. The van der Waals surface area contributed by atoms with Crippen molar-refractivity contribution in [1.29, 1.82) is 0 Å². The number of hydrogen-bond donors (Lipinski definition) is 1. The summed E-state index contributed by atoms with van der Waals surface area (Å²) in [5, 5.41) is 0. The predicted molar refractivity (Wildman–Crippen MR) is 68.6 cm³/mol. The smallest absolute Gasteiger partial charge is 0.0757 e. The molecule has 0 aromatic carbocycles. The Kier molecular flexibility index (Phi) is 4.38. The highest BCUT2D eigenvalue weighted by atomic mass is 16.5. The number of ether oxygens (including phenoxy) is 1. The van der Waals surface area contributed by atoms with Crippen molar-refractivity contribution >= 4 is 0 Å². The molecule has 2 N–H and O–H groups in total. The number of nitrogens with zero attached hydrogens (tertiary/aromatic N) is 1. The molecule has 0 aromatic rings. The van der Waals surface area contributed by atoms with Gasteiger partial charge < -0.3 is 10.5 Å². The summed E-state index contributed by atoms with van der Waals surface area (Å²) in [6, 6.07) is 0. The summed E-state index contributed by atoms with van der Waals surface area (Å²) in [6.07, 6.45) is 2.53. The second kappa shape index (κ2) is 5.03. The molecule has 1 fully saturated rings. The van der Waals surface area contributed by atoms with Crippen LogP contribution in [0.25, 0.3) is 0 Å². The summed E-state index contributed by atoms with van der Waals surface area (Å²) in [6.45, 7) is 13.7. The summed E-state index contributed by atoms with van der Waals surface area (Å²) in [4.78, 5) is 2.54. The molecule has 1 atom stereocenters. The quantitative estimate of drug-likeness (QED) is 0.800. The Balaban J connectivity index is 2.85. The van der Waals surface area contributed by atoms with Gasteiger partial charge in [-0.15, -0.1) is 0 Å². The minimum atomic E-state index is -0.0531. The van der Waals surface area contributed by atoms with E-state index in [0.29, 0.717) is 6.10 Å². The SMILES string of the molecule is CCC(CC)(CN)N1CC(C)OC(C)(C)C1. The van der Waals surface area contributed by atoms with Gasteiger partial charge in [-0.25, -0.2) is 0 Å². The van der Waals surface area contributed by atoms with Gasteiger partial charge in [-0.1, -0.05) is 13.8 Å². The van der Waals surface area contributed by atoms with E-state index in [1.807, 2.05) is 0 Å². The molecular weight excluding hydrogens is 200 g/mol. The Morgan fingerprint density at radius 2 is 1.94 bits per heavy atom. The zero-order valence-electron chi connectivity index (χ0n) is 11.5. The number of morpholine rings is 1. The van der Waals surface area contributed by atoms with Gasteiger partial charge >= 0.3 is 0 Å². The fourth-order valence-corrected chi connectivity index (χ4v) is 2.93. The van der Waals surface area contributed by atoms with Crippen LogP contribution in [0, 0.1) is 0 Å². The first kappa shape index (κ1) is 13.9. The second-order valence-corrected chi connectivity index (χ2v) is 5.70. The van der Waals surface area contributed by atoms with E-state index < -0.39 is 0 Å². The van der Waals surface area contributed by atoms with Gasteiger partial charge in [0, 0.05) is 25.2 Å². The third-order valence-electron chi connectivity index (χ3n) is 3.94. The van der Waals surface area contributed by atoms with Crippen LogP contribution in [0.2, 0.25) is 0 Å². The Morgan fingerprint density at radius 1 is 1.38 bits per heavy atom. The van der Waals surface area contributed by atoms with Crippen molar-refractivity contribution < 1.29 is 4.74 Å². The Bertz CT molecular complexity index is 216. The van der Waals surface area contributed by atoms with E-state index >= 15 is 0 Å². The van der Waals surface area contributed by atoms with Crippen molar-refractivity contribution in [3.8, 4) is 0 Å². The molecular formula is C13H28N2O. The van der Waals surface area contributed by atoms with Gasteiger partial charge in [-0.05, 0) is 33.6 Å². The maximum absolute atomic E-state index is 6.01. The molecule has 0 spiro atoms. The maximum atomic E-state index is 6.01. The van der Waals surface area contributed by atoms with Gasteiger partial charge in [0.15, 0.2) is 0 Å². The number of nitrogens with two attached hydrogens (primary N) is 1. The van der Waals surface area contributed by atoms with E-state index in [4.69, 9.17) is 10.5 Å². The lowest BCUT2D eigenvalue weighted by molar-refractivity contribution is -0.153.